The first-order chi connectivity index (χ1) is 21.6. The highest BCUT2D eigenvalue weighted by atomic mass is 16.7. The van der Waals surface area contributed by atoms with Gasteiger partial charge in [0, 0.05) is 39.3 Å². The first-order valence-corrected chi connectivity index (χ1v) is 17.5. The van der Waals surface area contributed by atoms with Crippen molar-refractivity contribution >= 4 is 11.9 Å². The number of carbonyl (C=O) groups excluding carboxylic acids is 2. The molecule has 10 heteroatoms. The Morgan fingerprint density at radius 1 is 0.409 bits per heavy atom. The van der Waals surface area contributed by atoms with E-state index in [0.29, 0.717) is 52.5 Å². The Bertz CT molecular complexity index is 567. The van der Waals surface area contributed by atoms with Crippen LogP contribution < -0.4 is 0 Å². The molecule has 0 amide bonds. The summed E-state index contributed by atoms with van der Waals surface area (Å²) in [7, 11) is 0. The molecule has 0 aromatic carbocycles. The molecule has 10 nitrogen and oxygen atoms in total. The van der Waals surface area contributed by atoms with E-state index in [4.69, 9.17) is 37.9 Å². The second-order valence-electron chi connectivity index (χ2n) is 11.0. The number of hydrogen-bond acceptors (Lipinski definition) is 10. The van der Waals surface area contributed by atoms with E-state index in [9.17, 15) is 9.59 Å². The topological polar surface area (TPSA) is 108 Å². The maximum absolute atomic E-state index is 12.0. The molecule has 44 heavy (non-hydrogen) atoms. The van der Waals surface area contributed by atoms with Crippen LogP contribution in [0.4, 0.5) is 0 Å². The summed E-state index contributed by atoms with van der Waals surface area (Å²) in [6.45, 7) is 12.9. The third-order valence-corrected chi connectivity index (χ3v) is 6.71. The van der Waals surface area contributed by atoms with Crippen LogP contribution in [-0.2, 0) is 47.5 Å². The standard InChI is InChI=1S/C34H66O10/c1-5-9-21-37-29-33(41-23-11-7-3)43-27-25-39-31(35)19-17-15-13-14-16-18-20-32(36)40-26-28-44-34(42-24-12-8-4)30-38-22-10-6-2/h33-34H,5-30H2,1-4H3. The first kappa shape index (κ1) is 42.7. The number of carbonyl (C=O) groups is 2. The minimum absolute atomic E-state index is 0.203. The summed E-state index contributed by atoms with van der Waals surface area (Å²) in [6.07, 6.45) is 13.7. The van der Waals surface area contributed by atoms with E-state index >= 15 is 0 Å². The van der Waals surface area contributed by atoms with Crippen molar-refractivity contribution < 1.29 is 47.5 Å². The van der Waals surface area contributed by atoms with Gasteiger partial charge in [0.2, 0.25) is 0 Å². The van der Waals surface area contributed by atoms with Gasteiger partial charge in [-0.15, -0.1) is 0 Å². The van der Waals surface area contributed by atoms with Crippen molar-refractivity contribution in [2.75, 3.05) is 66.1 Å². The average molecular weight is 635 g/mol. The number of hydrogen-bond donors (Lipinski definition) is 0. The Hall–Kier alpha value is -1.30. The lowest BCUT2D eigenvalue weighted by Gasteiger charge is -2.18. The molecule has 0 aliphatic carbocycles. The van der Waals surface area contributed by atoms with Crippen LogP contribution in [-0.4, -0.2) is 90.6 Å². The van der Waals surface area contributed by atoms with Gasteiger partial charge in [0.25, 0.3) is 0 Å². The molecular weight excluding hydrogens is 568 g/mol. The molecule has 0 aliphatic rings. The SMILES string of the molecule is CCCCOCC(OCCCC)OCCOC(=O)CCCCCCCCC(=O)OCCOC(COCCCC)OCCCC. The van der Waals surface area contributed by atoms with Crippen molar-refractivity contribution in [1.29, 1.82) is 0 Å². The first-order valence-electron chi connectivity index (χ1n) is 17.5. The predicted molar refractivity (Wildman–Crippen MR) is 172 cm³/mol. The van der Waals surface area contributed by atoms with Crippen molar-refractivity contribution in [3.63, 3.8) is 0 Å². The molecule has 0 fully saturated rings. The molecule has 0 rings (SSSR count). The molecule has 0 aliphatic heterocycles. The van der Waals surface area contributed by atoms with E-state index in [1.54, 1.807) is 0 Å². The summed E-state index contributed by atoms with van der Waals surface area (Å²) >= 11 is 0. The molecule has 0 saturated carbocycles. The van der Waals surface area contributed by atoms with E-state index in [2.05, 4.69) is 27.7 Å². The second-order valence-corrected chi connectivity index (χ2v) is 11.0. The Morgan fingerprint density at radius 2 is 0.750 bits per heavy atom. The van der Waals surface area contributed by atoms with Crippen molar-refractivity contribution in [3.05, 3.63) is 0 Å². The van der Waals surface area contributed by atoms with Gasteiger partial charge in [-0.1, -0.05) is 79.1 Å². The molecule has 0 heterocycles. The van der Waals surface area contributed by atoms with Crippen LogP contribution in [0, 0.1) is 0 Å². The van der Waals surface area contributed by atoms with E-state index < -0.39 is 12.6 Å². The van der Waals surface area contributed by atoms with Crippen LogP contribution in [0.1, 0.15) is 130 Å². The van der Waals surface area contributed by atoms with Gasteiger partial charge >= 0.3 is 11.9 Å². The van der Waals surface area contributed by atoms with Crippen molar-refractivity contribution in [3.8, 4) is 0 Å². The van der Waals surface area contributed by atoms with Gasteiger partial charge in [0.1, 0.15) is 13.2 Å². The second kappa shape index (κ2) is 34.6. The van der Waals surface area contributed by atoms with E-state index in [-0.39, 0.29) is 38.4 Å². The zero-order valence-corrected chi connectivity index (χ0v) is 28.6. The normalized spacial score (nSPS) is 12.7. The molecule has 2 unspecified atom stereocenters. The Labute approximate surface area is 268 Å². The van der Waals surface area contributed by atoms with Crippen LogP contribution in [0.15, 0.2) is 0 Å². The molecule has 2 atom stereocenters. The summed E-state index contributed by atoms with van der Waals surface area (Å²) in [5.74, 6) is -0.406. The summed E-state index contributed by atoms with van der Waals surface area (Å²) in [6, 6.07) is 0. The van der Waals surface area contributed by atoms with Gasteiger partial charge < -0.3 is 37.9 Å². The Kier molecular flexibility index (Phi) is 33.5. The third-order valence-electron chi connectivity index (χ3n) is 6.71. The van der Waals surface area contributed by atoms with E-state index in [1.807, 2.05) is 0 Å². The smallest absolute Gasteiger partial charge is 0.305 e. The van der Waals surface area contributed by atoms with Crippen molar-refractivity contribution in [2.24, 2.45) is 0 Å². The molecule has 0 aromatic heterocycles. The van der Waals surface area contributed by atoms with E-state index in [1.165, 1.54) is 0 Å². The molecule has 0 spiro atoms. The lowest BCUT2D eigenvalue weighted by molar-refractivity contribution is -0.181. The molecular formula is C34H66O10. The maximum atomic E-state index is 12.0. The molecule has 0 saturated heterocycles. The number of rotatable bonds is 35. The van der Waals surface area contributed by atoms with Gasteiger partial charge in [-0.3, -0.25) is 9.59 Å². The number of unbranched alkanes of at least 4 members (excludes halogenated alkanes) is 9. The van der Waals surface area contributed by atoms with Crippen LogP contribution in [0.25, 0.3) is 0 Å². The van der Waals surface area contributed by atoms with Crippen molar-refractivity contribution in [1.82, 2.24) is 0 Å². The average Bonchev–Trinajstić information content (AvgIpc) is 3.02. The van der Waals surface area contributed by atoms with Crippen LogP contribution in [0.2, 0.25) is 0 Å². The highest BCUT2D eigenvalue weighted by Gasteiger charge is 2.12. The number of esters is 2. The van der Waals surface area contributed by atoms with Gasteiger partial charge in [-0.25, -0.2) is 0 Å². The lowest BCUT2D eigenvalue weighted by Crippen LogP contribution is -2.26. The lowest BCUT2D eigenvalue weighted by atomic mass is 10.1. The predicted octanol–water partition coefficient (Wildman–Crippen LogP) is 7.15. The van der Waals surface area contributed by atoms with Gasteiger partial charge in [0.05, 0.1) is 26.4 Å². The fourth-order valence-electron chi connectivity index (χ4n) is 3.92. The minimum atomic E-state index is -0.429. The third kappa shape index (κ3) is 30.7. The molecule has 0 radical (unpaired) electrons. The maximum Gasteiger partial charge on any atom is 0.305 e. The fraction of sp³-hybridized carbons (Fsp3) is 0.941. The largest absolute Gasteiger partial charge is 0.463 e. The molecule has 0 aromatic rings. The highest BCUT2D eigenvalue weighted by Crippen LogP contribution is 2.10. The summed E-state index contributed by atoms with van der Waals surface area (Å²) in [5.41, 5.74) is 0. The Morgan fingerprint density at radius 3 is 1.14 bits per heavy atom. The monoisotopic (exact) mass is 634 g/mol. The van der Waals surface area contributed by atoms with Crippen LogP contribution >= 0.6 is 0 Å². The highest BCUT2D eigenvalue weighted by molar-refractivity contribution is 5.69. The van der Waals surface area contributed by atoms with E-state index in [0.717, 1.165) is 89.9 Å². The summed E-state index contributed by atoms with van der Waals surface area (Å²) < 4.78 is 44.7. The van der Waals surface area contributed by atoms with Crippen LogP contribution in [0.3, 0.4) is 0 Å². The van der Waals surface area contributed by atoms with Gasteiger partial charge in [-0.05, 0) is 38.5 Å². The molecule has 0 bridgehead atoms. The Balaban J connectivity index is 3.76. The quantitative estimate of drug-likeness (QED) is 0.0405. The van der Waals surface area contributed by atoms with Crippen LogP contribution in [0.5, 0.6) is 0 Å². The van der Waals surface area contributed by atoms with Gasteiger partial charge in [0.15, 0.2) is 12.6 Å². The molecule has 262 valence electrons. The number of ether oxygens (including phenoxy) is 8. The van der Waals surface area contributed by atoms with Gasteiger partial charge in [-0.2, -0.15) is 0 Å². The zero-order valence-electron chi connectivity index (χ0n) is 28.6. The summed E-state index contributed by atoms with van der Waals surface area (Å²) in [5, 5.41) is 0. The minimum Gasteiger partial charge on any atom is -0.463 e. The zero-order chi connectivity index (χ0) is 32.4. The summed E-state index contributed by atoms with van der Waals surface area (Å²) in [4.78, 5) is 24.0. The molecule has 0 N–H and O–H groups in total. The van der Waals surface area contributed by atoms with Crippen molar-refractivity contribution in [2.45, 2.75) is 143 Å². The fourth-order valence-corrected chi connectivity index (χ4v) is 3.92.